The van der Waals surface area contributed by atoms with Gasteiger partial charge in [0.2, 0.25) is 0 Å². The summed E-state index contributed by atoms with van der Waals surface area (Å²) in [7, 11) is 0. The lowest BCUT2D eigenvalue weighted by Gasteiger charge is -2.46. The topological polar surface area (TPSA) is 12.4 Å². The second kappa shape index (κ2) is 7.74. The van der Waals surface area contributed by atoms with Crippen molar-refractivity contribution in [2.45, 2.75) is 50.0 Å². The van der Waals surface area contributed by atoms with Gasteiger partial charge in [-0.1, -0.05) is 81.4 Å². The quantitative estimate of drug-likeness (QED) is 0.388. The second-order valence-electron chi connectivity index (χ2n) is 9.31. The molecule has 2 aliphatic rings. The number of allylic oxidation sites excluding steroid dienone is 2. The van der Waals surface area contributed by atoms with Crippen molar-refractivity contribution in [2.24, 2.45) is 10.9 Å². The molecule has 32 heavy (non-hydrogen) atoms. The molecule has 1 aliphatic carbocycles. The van der Waals surface area contributed by atoms with Crippen molar-refractivity contribution < 1.29 is 3.89 Å². The first-order valence-corrected chi connectivity index (χ1v) is 12.1. The molecule has 1 aliphatic heterocycles. The summed E-state index contributed by atoms with van der Waals surface area (Å²) in [5, 5.41) is 0. The molecular formula is C29H28FNS. The Morgan fingerprint density at radius 3 is 2.34 bits per heavy atom. The van der Waals surface area contributed by atoms with Gasteiger partial charge >= 0.3 is 0 Å². The molecule has 1 nitrogen and oxygen atoms in total. The predicted molar refractivity (Wildman–Crippen MR) is 134 cm³/mol. The average molecular weight is 442 g/mol. The number of hydrogen-bond acceptors (Lipinski definition) is 2. The molecule has 5 rings (SSSR count). The van der Waals surface area contributed by atoms with Crippen LogP contribution in [0.3, 0.4) is 0 Å². The summed E-state index contributed by atoms with van der Waals surface area (Å²) in [6.07, 6.45) is 5.19. The van der Waals surface area contributed by atoms with E-state index in [0.29, 0.717) is 23.0 Å². The predicted octanol–water partition coefficient (Wildman–Crippen LogP) is 8.27. The van der Waals surface area contributed by atoms with Crippen LogP contribution >= 0.6 is 12.1 Å². The van der Waals surface area contributed by atoms with E-state index in [-0.39, 0.29) is 5.41 Å². The van der Waals surface area contributed by atoms with Gasteiger partial charge in [0.1, 0.15) is 0 Å². The molecular weight excluding hydrogens is 413 g/mol. The molecule has 0 N–H and O–H groups in total. The van der Waals surface area contributed by atoms with Gasteiger partial charge in [0, 0.05) is 15.9 Å². The standard InChI is InChI=1S/C29H28FNS/c1-5-29(20-11-7-6-8-12-20)24-14-10-9-13-21(24)22-17-25-23(18-27(22)32-30)26(16-15-19(2)3)31-28(25,29)4/h6-19H,5H2,1-4H3/b16-15-. The van der Waals surface area contributed by atoms with Crippen LogP contribution in [-0.4, -0.2) is 5.71 Å². The largest absolute Gasteiger partial charge is 0.272 e. The lowest BCUT2D eigenvalue weighted by molar-refractivity contribution is 0.287. The molecule has 162 valence electrons. The van der Waals surface area contributed by atoms with Gasteiger partial charge in [0.25, 0.3) is 0 Å². The van der Waals surface area contributed by atoms with Gasteiger partial charge in [-0.05, 0) is 65.3 Å². The minimum atomic E-state index is -0.504. The number of hydrogen-bond donors (Lipinski definition) is 0. The maximum atomic E-state index is 14.3. The molecule has 2 atom stereocenters. The van der Waals surface area contributed by atoms with Crippen LogP contribution < -0.4 is 0 Å². The molecule has 3 heteroatoms. The Morgan fingerprint density at radius 2 is 1.66 bits per heavy atom. The summed E-state index contributed by atoms with van der Waals surface area (Å²) in [6, 6.07) is 23.5. The SMILES string of the molecule is CCC1(c2ccccc2)c2ccccc2-c2cc3c(cc2SF)C(/C=C\C(C)C)=NC31C. The molecule has 0 radical (unpaired) electrons. The normalized spacial score (nSPS) is 23.4. The van der Waals surface area contributed by atoms with Crippen LogP contribution in [0, 0.1) is 5.92 Å². The number of benzene rings is 3. The fourth-order valence-corrected chi connectivity index (χ4v) is 6.23. The van der Waals surface area contributed by atoms with Crippen molar-refractivity contribution in [3.63, 3.8) is 0 Å². The van der Waals surface area contributed by atoms with E-state index in [1.54, 1.807) is 0 Å². The highest BCUT2D eigenvalue weighted by Crippen LogP contribution is 2.60. The van der Waals surface area contributed by atoms with Crippen molar-refractivity contribution in [1.29, 1.82) is 0 Å². The van der Waals surface area contributed by atoms with Crippen molar-refractivity contribution in [1.82, 2.24) is 0 Å². The van der Waals surface area contributed by atoms with Crippen LogP contribution in [0.1, 0.15) is 56.4 Å². The molecule has 2 bridgehead atoms. The van der Waals surface area contributed by atoms with Crippen molar-refractivity contribution >= 4 is 17.9 Å². The summed E-state index contributed by atoms with van der Waals surface area (Å²) in [4.78, 5) is 6.11. The van der Waals surface area contributed by atoms with Crippen molar-refractivity contribution in [2.75, 3.05) is 0 Å². The molecule has 3 aromatic rings. The molecule has 0 amide bonds. The summed E-state index contributed by atoms with van der Waals surface area (Å²) < 4.78 is 14.3. The first-order chi connectivity index (χ1) is 15.5. The van der Waals surface area contributed by atoms with Gasteiger partial charge in [-0.3, -0.25) is 4.99 Å². The average Bonchev–Trinajstić information content (AvgIpc) is 3.07. The second-order valence-corrected chi connectivity index (χ2v) is 9.91. The monoisotopic (exact) mass is 441 g/mol. The molecule has 2 unspecified atom stereocenters. The van der Waals surface area contributed by atoms with Crippen LogP contribution in [0.2, 0.25) is 0 Å². The Hall–Kier alpha value is -2.65. The minimum Gasteiger partial charge on any atom is -0.272 e. The number of aliphatic imine (C=N–C) groups is 1. The highest BCUT2D eigenvalue weighted by Gasteiger charge is 2.56. The third-order valence-corrected chi connectivity index (χ3v) is 7.80. The Kier molecular flexibility index (Phi) is 5.13. The molecule has 0 fully saturated rings. The van der Waals surface area contributed by atoms with Crippen LogP contribution in [0.5, 0.6) is 0 Å². The molecule has 0 spiro atoms. The number of halogens is 1. The van der Waals surface area contributed by atoms with Crippen molar-refractivity contribution in [3.05, 3.63) is 101 Å². The summed E-state index contributed by atoms with van der Waals surface area (Å²) >= 11 is 0.333. The van der Waals surface area contributed by atoms with Crippen LogP contribution in [0.15, 0.2) is 88.8 Å². The zero-order valence-corrected chi connectivity index (χ0v) is 19.8. The zero-order valence-electron chi connectivity index (χ0n) is 19.0. The van der Waals surface area contributed by atoms with Crippen LogP contribution in [0.25, 0.3) is 11.1 Å². The fourth-order valence-electron chi connectivity index (χ4n) is 5.82. The van der Waals surface area contributed by atoms with Gasteiger partial charge < -0.3 is 0 Å². The molecule has 0 saturated carbocycles. The van der Waals surface area contributed by atoms with Gasteiger partial charge in [-0.25, -0.2) is 0 Å². The first-order valence-electron chi connectivity index (χ1n) is 11.4. The lowest BCUT2D eigenvalue weighted by Crippen LogP contribution is -2.45. The van der Waals surface area contributed by atoms with E-state index in [9.17, 15) is 3.89 Å². The Morgan fingerprint density at radius 1 is 0.938 bits per heavy atom. The summed E-state index contributed by atoms with van der Waals surface area (Å²) in [5.41, 5.74) is 6.85. The smallest absolute Gasteiger partial charge is 0.0979 e. The third-order valence-electron chi connectivity index (χ3n) is 7.29. The Balaban J connectivity index is 1.94. The number of rotatable bonds is 5. The lowest BCUT2D eigenvalue weighted by atomic mass is 9.59. The molecule has 0 saturated heterocycles. The zero-order chi connectivity index (χ0) is 22.5. The fraction of sp³-hybridized carbons (Fsp3) is 0.276. The van der Waals surface area contributed by atoms with Gasteiger partial charge in [-0.15, -0.1) is 0 Å². The maximum absolute atomic E-state index is 14.3. The van der Waals surface area contributed by atoms with E-state index < -0.39 is 5.54 Å². The Labute approximate surface area is 194 Å². The van der Waals surface area contributed by atoms with Crippen LogP contribution in [-0.2, 0) is 11.0 Å². The highest BCUT2D eigenvalue weighted by atomic mass is 32.2. The van der Waals surface area contributed by atoms with Crippen LogP contribution in [0.4, 0.5) is 3.89 Å². The van der Waals surface area contributed by atoms with E-state index in [2.05, 4.69) is 101 Å². The number of fused-ring (bicyclic) bond motifs is 3. The summed E-state index contributed by atoms with van der Waals surface area (Å²) in [6.45, 7) is 8.85. The van der Waals surface area contributed by atoms with E-state index in [4.69, 9.17) is 4.99 Å². The minimum absolute atomic E-state index is 0.333. The van der Waals surface area contributed by atoms with E-state index in [0.717, 1.165) is 28.8 Å². The van der Waals surface area contributed by atoms with Gasteiger partial charge in [-0.2, -0.15) is 3.89 Å². The van der Waals surface area contributed by atoms with Gasteiger partial charge in [0.05, 0.1) is 23.4 Å². The van der Waals surface area contributed by atoms with E-state index in [1.807, 2.05) is 6.07 Å². The number of nitrogens with zero attached hydrogens (tertiary/aromatic N) is 1. The first kappa shape index (κ1) is 21.2. The maximum Gasteiger partial charge on any atom is 0.0979 e. The van der Waals surface area contributed by atoms with E-state index in [1.165, 1.54) is 16.7 Å². The van der Waals surface area contributed by atoms with E-state index >= 15 is 0 Å². The molecule has 1 heterocycles. The van der Waals surface area contributed by atoms with Gasteiger partial charge in [0.15, 0.2) is 0 Å². The third kappa shape index (κ3) is 2.80. The molecule has 0 aromatic heterocycles. The molecule has 3 aromatic carbocycles. The Bertz CT molecular complexity index is 1240. The summed E-state index contributed by atoms with van der Waals surface area (Å²) in [5.74, 6) is 0.418. The highest BCUT2D eigenvalue weighted by molar-refractivity contribution is 7.94. The van der Waals surface area contributed by atoms with Crippen molar-refractivity contribution in [3.8, 4) is 11.1 Å².